The summed E-state index contributed by atoms with van der Waals surface area (Å²) in [7, 11) is 0. The predicted octanol–water partition coefficient (Wildman–Crippen LogP) is 2.54. The minimum Gasteiger partial charge on any atom is -0.359 e. The molecule has 1 aromatic rings. The molecule has 2 rings (SSSR count). The molecule has 1 aliphatic heterocycles. The third kappa shape index (κ3) is 3.51. The lowest BCUT2D eigenvalue weighted by molar-refractivity contribution is 0.230. The van der Waals surface area contributed by atoms with Crippen molar-refractivity contribution in [2.24, 2.45) is 0 Å². The Morgan fingerprint density at radius 2 is 1.94 bits per heavy atom. The van der Waals surface area contributed by atoms with E-state index in [1.165, 1.54) is 18.5 Å². The van der Waals surface area contributed by atoms with Crippen LogP contribution in [-0.4, -0.2) is 41.0 Å². The highest BCUT2D eigenvalue weighted by atomic mass is 32.1. The molecule has 17 heavy (non-hydrogen) atoms. The van der Waals surface area contributed by atoms with Crippen molar-refractivity contribution in [3.63, 3.8) is 0 Å². The summed E-state index contributed by atoms with van der Waals surface area (Å²) in [5, 5.41) is 0. The first-order chi connectivity index (χ1) is 8.29. The van der Waals surface area contributed by atoms with Crippen molar-refractivity contribution in [3.05, 3.63) is 35.9 Å². The minimum absolute atomic E-state index is 0.954. The molecule has 1 saturated heterocycles. The topological polar surface area (TPSA) is 6.48 Å². The Labute approximate surface area is 109 Å². The number of benzene rings is 1. The van der Waals surface area contributed by atoms with Gasteiger partial charge < -0.3 is 4.90 Å². The number of rotatable bonds is 4. The summed E-state index contributed by atoms with van der Waals surface area (Å²) < 4.78 is 0. The fourth-order valence-electron chi connectivity index (χ4n) is 2.24. The highest BCUT2D eigenvalue weighted by molar-refractivity contribution is 7.80. The summed E-state index contributed by atoms with van der Waals surface area (Å²) in [6, 6.07) is 10.6. The van der Waals surface area contributed by atoms with E-state index < -0.39 is 0 Å². The molecular weight excluding hydrogens is 228 g/mol. The van der Waals surface area contributed by atoms with Gasteiger partial charge in [-0.15, -0.1) is 0 Å². The second-order valence-corrected chi connectivity index (χ2v) is 5.05. The smallest absolute Gasteiger partial charge is 0.0925 e. The van der Waals surface area contributed by atoms with Gasteiger partial charge in [-0.1, -0.05) is 49.5 Å². The molecule has 0 atom stereocenters. The molecule has 2 nitrogen and oxygen atoms in total. The van der Waals surface area contributed by atoms with Crippen molar-refractivity contribution in [1.29, 1.82) is 0 Å². The maximum Gasteiger partial charge on any atom is 0.0925 e. The molecule has 92 valence electrons. The number of nitrogens with zero attached hydrogens (tertiary/aromatic N) is 2. The zero-order chi connectivity index (χ0) is 12.1. The monoisotopic (exact) mass is 248 g/mol. The fraction of sp³-hybridized carbons (Fsp3) is 0.500. The molecule has 1 heterocycles. The van der Waals surface area contributed by atoms with Crippen LogP contribution in [0.1, 0.15) is 18.9 Å². The van der Waals surface area contributed by atoms with Crippen LogP contribution in [0.3, 0.4) is 0 Å². The molecule has 0 N–H and O–H groups in total. The van der Waals surface area contributed by atoms with Gasteiger partial charge >= 0.3 is 0 Å². The highest BCUT2D eigenvalue weighted by Gasteiger charge is 2.19. The quantitative estimate of drug-likeness (QED) is 0.756. The van der Waals surface area contributed by atoms with Crippen LogP contribution in [-0.2, 0) is 6.54 Å². The molecule has 0 bridgehead atoms. The molecule has 0 aliphatic carbocycles. The van der Waals surface area contributed by atoms with Crippen LogP contribution in [0, 0.1) is 0 Å². The average molecular weight is 248 g/mol. The molecule has 1 aromatic carbocycles. The van der Waals surface area contributed by atoms with Crippen LogP contribution >= 0.6 is 12.2 Å². The Kier molecular flexibility index (Phi) is 4.51. The van der Waals surface area contributed by atoms with E-state index in [0.29, 0.717) is 0 Å². The normalized spacial score (nSPS) is 17.5. The summed E-state index contributed by atoms with van der Waals surface area (Å²) in [6.07, 6.45) is 1.21. The lowest BCUT2D eigenvalue weighted by atomic mass is 10.2. The number of hydrogen-bond acceptors (Lipinski definition) is 2. The lowest BCUT2D eigenvalue weighted by Gasteiger charge is -2.36. The molecule has 0 amide bonds. The van der Waals surface area contributed by atoms with Gasteiger partial charge in [-0.2, -0.15) is 0 Å². The molecule has 0 aromatic heterocycles. The Bertz CT molecular complexity index is 364. The van der Waals surface area contributed by atoms with Crippen molar-refractivity contribution in [3.8, 4) is 0 Å². The second-order valence-electron chi connectivity index (χ2n) is 4.58. The van der Waals surface area contributed by atoms with Crippen molar-refractivity contribution in [2.75, 3.05) is 26.2 Å². The third-order valence-electron chi connectivity index (χ3n) is 3.15. The van der Waals surface area contributed by atoms with E-state index in [4.69, 9.17) is 12.2 Å². The van der Waals surface area contributed by atoms with Crippen LogP contribution in [0.5, 0.6) is 0 Å². The van der Waals surface area contributed by atoms with Crippen LogP contribution in [0.25, 0.3) is 0 Å². The summed E-state index contributed by atoms with van der Waals surface area (Å²) >= 11 is 5.50. The Hall–Kier alpha value is -0.930. The zero-order valence-electron chi connectivity index (χ0n) is 10.4. The molecule has 0 radical (unpaired) electrons. The molecule has 0 spiro atoms. The minimum atomic E-state index is 0.954. The molecule has 0 unspecified atom stereocenters. The zero-order valence-corrected chi connectivity index (χ0v) is 11.2. The Morgan fingerprint density at radius 1 is 1.18 bits per heavy atom. The second kappa shape index (κ2) is 6.12. The first kappa shape index (κ1) is 12.5. The van der Waals surface area contributed by atoms with Gasteiger partial charge in [0.15, 0.2) is 0 Å². The van der Waals surface area contributed by atoms with E-state index in [-0.39, 0.29) is 0 Å². The van der Waals surface area contributed by atoms with Gasteiger partial charge in [-0.25, -0.2) is 0 Å². The van der Waals surface area contributed by atoms with Gasteiger partial charge in [-0.3, -0.25) is 4.90 Å². The van der Waals surface area contributed by atoms with E-state index in [1.54, 1.807) is 0 Å². The van der Waals surface area contributed by atoms with E-state index in [2.05, 4.69) is 47.1 Å². The van der Waals surface area contributed by atoms with Crippen LogP contribution < -0.4 is 0 Å². The third-order valence-corrected chi connectivity index (χ3v) is 3.54. The van der Waals surface area contributed by atoms with Gasteiger partial charge in [-0.05, 0) is 18.5 Å². The summed E-state index contributed by atoms with van der Waals surface area (Å²) in [5.41, 5.74) is 1.35. The van der Waals surface area contributed by atoms with Crippen LogP contribution in [0.4, 0.5) is 0 Å². The average Bonchev–Trinajstić information content (AvgIpc) is 2.34. The standard InChI is InChI=1S/C14H20N2S/c1-2-8-15-9-10-16(14(17)12-15)11-13-6-4-3-5-7-13/h3-7H,2,8-12H2,1H3. The maximum absolute atomic E-state index is 5.50. The van der Waals surface area contributed by atoms with Gasteiger partial charge in [0.1, 0.15) is 0 Å². The Morgan fingerprint density at radius 3 is 2.59 bits per heavy atom. The molecular formula is C14H20N2S. The molecule has 1 fully saturated rings. The van der Waals surface area contributed by atoms with E-state index >= 15 is 0 Å². The lowest BCUT2D eigenvalue weighted by Crippen LogP contribution is -2.49. The van der Waals surface area contributed by atoms with Gasteiger partial charge in [0, 0.05) is 26.2 Å². The Balaban J connectivity index is 1.90. The van der Waals surface area contributed by atoms with Crippen molar-refractivity contribution >= 4 is 17.2 Å². The van der Waals surface area contributed by atoms with E-state index in [9.17, 15) is 0 Å². The van der Waals surface area contributed by atoms with Crippen LogP contribution in [0.2, 0.25) is 0 Å². The number of hydrogen-bond donors (Lipinski definition) is 0. The maximum atomic E-state index is 5.50. The largest absolute Gasteiger partial charge is 0.359 e. The van der Waals surface area contributed by atoms with E-state index in [0.717, 1.165) is 31.2 Å². The SMILES string of the molecule is CCCN1CCN(Cc2ccccc2)C(=S)C1. The van der Waals surface area contributed by atoms with Gasteiger partial charge in [0.25, 0.3) is 0 Å². The van der Waals surface area contributed by atoms with Crippen molar-refractivity contribution in [1.82, 2.24) is 9.80 Å². The number of piperazine rings is 1. The van der Waals surface area contributed by atoms with Gasteiger partial charge in [0.2, 0.25) is 0 Å². The molecule has 1 aliphatic rings. The molecule has 0 saturated carbocycles. The van der Waals surface area contributed by atoms with Gasteiger partial charge in [0.05, 0.1) is 4.99 Å². The van der Waals surface area contributed by atoms with Crippen LogP contribution in [0.15, 0.2) is 30.3 Å². The molecule has 3 heteroatoms. The summed E-state index contributed by atoms with van der Waals surface area (Å²) in [6.45, 7) is 7.50. The first-order valence-electron chi connectivity index (χ1n) is 6.33. The highest BCUT2D eigenvalue weighted by Crippen LogP contribution is 2.10. The van der Waals surface area contributed by atoms with Crippen molar-refractivity contribution < 1.29 is 0 Å². The first-order valence-corrected chi connectivity index (χ1v) is 6.74. The van der Waals surface area contributed by atoms with Crippen molar-refractivity contribution in [2.45, 2.75) is 19.9 Å². The summed E-state index contributed by atoms with van der Waals surface area (Å²) in [5.74, 6) is 0. The summed E-state index contributed by atoms with van der Waals surface area (Å²) in [4.78, 5) is 5.87. The number of thiocarbonyl (C=S) groups is 1. The predicted molar refractivity (Wildman–Crippen MR) is 76.2 cm³/mol. The van der Waals surface area contributed by atoms with E-state index in [1.807, 2.05) is 0 Å². The fourth-order valence-corrected chi connectivity index (χ4v) is 2.57.